The van der Waals surface area contributed by atoms with Gasteiger partial charge in [-0.1, -0.05) is 28.9 Å². The Morgan fingerprint density at radius 3 is 2.71 bits per heavy atom. The Morgan fingerprint density at radius 2 is 2.21 bits per heavy atom. The van der Waals surface area contributed by atoms with Gasteiger partial charge in [-0.3, -0.25) is 4.79 Å². The van der Waals surface area contributed by atoms with E-state index < -0.39 is 5.38 Å². The maximum absolute atomic E-state index is 11.7. The summed E-state index contributed by atoms with van der Waals surface area (Å²) in [4.78, 5) is 11.7. The molecule has 0 N–H and O–H groups in total. The highest BCUT2D eigenvalue weighted by atomic mass is 79.9. The van der Waals surface area contributed by atoms with E-state index in [9.17, 15) is 4.79 Å². The fourth-order valence-corrected chi connectivity index (χ4v) is 1.76. The highest BCUT2D eigenvalue weighted by Gasteiger charge is 2.15. The molecule has 0 heterocycles. The van der Waals surface area contributed by atoms with Crippen molar-refractivity contribution >= 4 is 33.3 Å². The summed E-state index contributed by atoms with van der Waals surface area (Å²) in [7, 11) is 0. The third-order valence-corrected chi connectivity index (χ3v) is 2.96. The van der Waals surface area contributed by atoms with E-state index >= 15 is 0 Å². The molecule has 0 aromatic heterocycles. The molecule has 1 nitrogen and oxygen atoms in total. The molecule has 3 heteroatoms. The van der Waals surface area contributed by atoms with Gasteiger partial charge in [-0.05, 0) is 31.0 Å². The minimum Gasteiger partial charge on any atom is -0.292 e. The number of hydrogen-bond donors (Lipinski definition) is 0. The number of halogens is 2. The summed E-state index contributed by atoms with van der Waals surface area (Å²) >= 11 is 9.11. The summed E-state index contributed by atoms with van der Waals surface area (Å²) in [5.74, 6) is -0.0335. The van der Waals surface area contributed by atoms with Crippen LogP contribution in [0.3, 0.4) is 0 Å². The average Bonchev–Trinajstić information content (AvgIpc) is 2.17. The first-order valence-corrected chi connectivity index (χ1v) is 5.76. The molecule has 1 atom stereocenters. The normalized spacial score (nSPS) is 12.6. The third kappa shape index (κ3) is 2.58. The van der Waals surface area contributed by atoms with Crippen LogP contribution in [-0.4, -0.2) is 11.2 Å². The molecule has 0 radical (unpaired) electrons. The monoisotopic (exact) mass is 274 g/mol. The minimum atomic E-state index is -0.474. The number of carbonyl (C=O) groups is 1. The van der Waals surface area contributed by atoms with Crippen molar-refractivity contribution in [1.29, 1.82) is 0 Å². The van der Waals surface area contributed by atoms with Gasteiger partial charge in [-0.15, -0.1) is 11.6 Å². The van der Waals surface area contributed by atoms with E-state index in [1.807, 2.05) is 18.2 Å². The predicted octanol–water partition coefficient (Wildman–Crippen LogP) is 3.82. The molecule has 14 heavy (non-hydrogen) atoms. The molecule has 0 saturated heterocycles. The Balaban J connectivity index is 3.12. The van der Waals surface area contributed by atoms with E-state index in [0.717, 1.165) is 16.5 Å². The number of ketones is 1. The number of benzene rings is 1. The lowest BCUT2D eigenvalue weighted by Crippen LogP contribution is -2.11. The minimum absolute atomic E-state index is 0.0335. The number of alkyl halides is 1. The molecular weight excluding hydrogens is 263 g/mol. The fourth-order valence-electron chi connectivity index (χ4n) is 1.20. The van der Waals surface area contributed by atoms with Gasteiger partial charge in [0.15, 0.2) is 5.78 Å². The summed E-state index contributed by atoms with van der Waals surface area (Å²) in [5, 5.41) is -0.474. The average molecular weight is 276 g/mol. The SMILES string of the molecule is CCc1ccc(Br)c(C(=O)C(C)Cl)c1. The molecule has 1 aromatic carbocycles. The van der Waals surface area contributed by atoms with Gasteiger partial charge in [0.25, 0.3) is 0 Å². The summed E-state index contributed by atoms with van der Waals surface area (Å²) in [5.41, 5.74) is 1.82. The first-order chi connectivity index (χ1) is 6.56. The van der Waals surface area contributed by atoms with Gasteiger partial charge in [-0.2, -0.15) is 0 Å². The number of Topliss-reactive ketones (excluding diaryl/α,β-unsaturated/α-hetero) is 1. The Labute approximate surface area is 97.6 Å². The highest BCUT2D eigenvalue weighted by molar-refractivity contribution is 9.10. The van der Waals surface area contributed by atoms with Crippen LogP contribution in [0.2, 0.25) is 0 Å². The van der Waals surface area contributed by atoms with E-state index in [1.165, 1.54) is 0 Å². The van der Waals surface area contributed by atoms with Crippen molar-refractivity contribution in [3.8, 4) is 0 Å². The molecular formula is C11H12BrClO. The molecule has 0 aliphatic rings. The van der Waals surface area contributed by atoms with E-state index in [1.54, 1.807) is 6.92 Å². The molecule has 76 valence electrons. The summed E-state index contributed by atoms with van der Waals surface area (Å²) < 4.78 is 0.812. The quantitative estimate of drug-likeness (QED) is 0.605. The van der Waals surface area contributed by atoms with Gasteiger partial charge >= 0.3 is 0 Å². The van der Waals surface area contributed by atoms with E-state index in [0.29, 0.717) is 5.56 Å². The molecule has 1 rings (SSSR count). The second-order valence-corrected chi connectivity index (χ2v) is 4.66. The number of aryl methyl sites for hydroxylation is 1. The van der Waals surface area contributed by atoms with E-state index in [-0.39, 0.29) is 5.78 Å². The van der Waals surface area contributed by atoms with Crippen molar-refractivity contribution in [2.45, 2.75) is 25.6 Å². The standard InChI is InChI=1S/C11H12BrClO/c1-3-8-4-5-10(12)9(6-8)11(14)7(2)13/h4-7H,3H2,1-2H3. The second kappa shape index (κ2) is 4.94. The fraction of sp³-hybridized carbons (Fsp3) is 0.364. The zero-order valence-corrected chi connectivity index (χ0v) is 10.5. The van der Waals surface area contributed by atoms with Gasteiger partial charge in [-0.25, -0.2) is 0 Å². The lowest BCUT2D eigenvalue weighted by atomic mass is 10.0. The lowest BCUT2D eigenvalue weighted by molar-refractivity contribution is 0.0991. The summed E-state index contributed by atoms with van der Waals surface area (Å²) in [6, 6.07) is 5.79. The van der Waals surface area contributed by atoms with E-state index in [4.69, 9.17) is 11.6 Å². The van der Waals surface area contributed by atoms with Crippen molar-refractivity contribution < 1.29 is 4.79 Å². The highest BCUT2D eigenvalue weighted by Crippen LogP contribution is 2.21. The predicted molar refractivity (Wildman–Crippen MR) is 63.2 cm³/mol. The first kappa shape index (κ1) is 11.7. The summed E-state index contributed by atoms with van der Waals surface area (Å²) in [6.45, 7) is 3.75. The van der Waals surface area contributed by atoms with Crippen molar-refractivity contribution in [1.82, 2.24) is 0 Å². The molecule has 0 bridgehead atoms. The molecule has 1 aromatic rings. The van der Waals surface area contributed by atoms with Crippen LogP contribution in [0.5, 0.6) is 0 Å². The Bertz CT molecular complexity index is 347. The molecule has 0 fully saturated rings. The van der Waals surface area contributed by atoms with Crippen LogP contribution in [0.1, 0.15) is 29.8 Å². The van der Waals surface area contributed by atoms with E-state index in [2.05, 4.69) is 22.9 Å². The first-order valence-electron chi connectivity index (χ1n) is 4.53. The smallest absolute Gasteiger partial charge is 0.181 e. The zero-order chi connectivity index (χ0) is 10.7. The molecule has 0 aliphatic heterocycles. The molecule has 0 saturated carbocycles. The van der Waals surface area contributed by atoms with Crippen molar-refractivity contribution in [2.75, 3.05) is 0 Å². The van der Waals surface area contributed by atoms with Gasteiger partial charge in [0.05, 0.1) is 5.38 Å². The number of rotatable bonds is 3. The molecule has 0 aliphatic carbocycles. The van der Waals surface area contributed by atoms with Crippen LogP contribution in [0.4, 0.5) is 0 Å². The van der Waals surface area contributed by atoms with Crippen LogP contribution in [0, 0.1) is 0 Å². The van der Waals surface area contributed by atoms with Gasteiger partial charge in [0.2, 0.25) is 0 Å². The topological polar surface area (TPSA) is 17.1 Å². The van der Waals surface area contributed by atoms with Gasteiger partial charge in [0.1, 0.15) is 0 Å². The summed E-state index contributed by atoms with van der Waals surface area (Å²) in [6.07, 6.45) is 0.921. The van der Waals surface area contributed by atoms with Gasteiger partial charge < -0.3 is 0 Å². The van der Waals surface area contributed by atoms with Crippen LogP contribution < -0.4 is 0 Å². The van der Waals surface area contributed by atoms with Crippen LogP contribution in [0.15, 0.2) is 22.7 Å². The third-order valence-electron chi connectivity index (χ3n) is 2.07. The maximum atomic E-state index is 11.7. The van der Waals surface area contributed by atoms with Crippen molar-refractivity contribution in [3.05, 3.63) is 33.8 Å². The lowest BCUT2D eigenvalue weighted by Gasteiger charge is -2.07. The number of hydrogen-bond acceptors (Lipinski definition) is 1. The maximum Gasteiger partial charge on any atom is 0.181 e. The Morgan fingerprint density at radius 1 is 1.57 bits per heavy atom. The zero-order valence-electron chi connectivity index (χ0n) is 8.18. The van der Waals surface area contributed by atoms with Crippen LogP contribution in [0.25, 0.3) is 0 Å². The second-order valence-electron chi connectivity index (χ2n) is 3.15. The largest absolute Gasteiger partial charge is 0.292 e. The van der Waals surface area contributed by atoms with Crippen molar-refractivity contribution in [3.63, 3.8) is 0 Å². The molecule has 0 amide bonds. The molecule has 0 spiro atoms. The van der Waals surface area contributed by atoms with Crippen LogP contribution in [-0.2, 0) is 6.42 Å². The Kier molecular flexibility index (Phi) is 4.14. The molecule has 1 unspecified atom stereocenters. The van der Waals surface area contributed by atoms with Crippen molar-refractivity contribution in [2.24, 2.45) is 0 Å². The number of carbonyl (C=O) groups excluding carboxylic acids is 1. The van der Waals surface area contributed by atoms with Crippen LogP contribution >= 0.6 is 27.5 Å². The Hall–Kier alpha value is -0.340. The van der Waals surface area contributed by atoms with Gasteiger partial charge in [0, 0.05) is 10.0 Å².